The molecule has 4 aromatic rings. The van der Waals surface area contributed by atoms with Crippen LogP contribution < -0.4 is 0 Å². The summed E-state index contributed by atoms with van der Waals surface area (Å²) in [6.45, 7) is 35.3. The largest absolute Gasteiger partial charge is 0.444 e. The zero-order valence-electron chi connectivity index (χ0n) is 57.2. The Bertz CT molecular complexity index is 3080. The number of likely N-dealkylation sites (tertiary alicyclic amines) is 2. The number of amides is 2. The monoisotopic (exact) mass is 1260 g/mol. The fourth-order valence-corrected chi connectivity index (χ4v) is 14.5. The lowest BCUT2D eigenvalue weighted by atomic mass is 9.80. The number of nitriles is 2. The summed E-state index contributed by atoms with van der Waals surface area (Å²) in [6, 6.07) is 19.5. The van der Waals surface area contributed by atoms with E-state index in [0.29, 0.717) is 25.0 Å². The predicted molar refractivity (Wildman–Crippen MR) is 362 cm³/mol. The number of carbonyl (C=O) groups excluding carboxylic acids is 4. The summed E-state index contributed by atoms with van der Waals surface area (Å²) < 4.78 is 26.6. The number of aromatic nitrogens is 4. The van der Waals surface area contributed by atoms with Crippen LogP contribution in [0, 0.1) is 22.7 Å². The molecular weight excluding hydrogens is 1160 g/mol. The number of nitrogens with zero attached hydrogens (tertiary/aromatic N) is 8. The molecule has 16 nitrogen and oxygen atoms in total. The lowest BCUT2D eigenvalue weighted by Crippen LogP contribution is -2.51. The van der Waals surface area contributed by atoms with Gasteiger partial charge in [-0.1, -0.05) is 87.8 Å². The van der Waals surface area contributed by atoms with E-state index in [2.05, 4.69) is 138 Å². The number of imidazole rings is 2. The maximum atomic E-state index is 13.8. The Morgan fingerprint density at radius 3 is 1.21 bits per heavy atom. The normalized spacial score (nSPS) is 20.8. The molecule has 2 aromatic carbocycles. The number of hydrogen-bond acceptors (Lipinski definition) is 12. The second-order valence-corrected chi connectivity index (χ2v) is 41.5. The Labute approximate surface area is 539 Å². The van der Waals surface area contributed by atoms with Gasteiger partial charge in [-0.25, -0.2) is 19.6 Å². The molecule has 8 rings (SSSR count). The van der Waals surface area contributed by atoms with Gasteiger partial charge in [-0.3, -0.25) is 9.59 Å². The zero-order valence-corrected chi connectivity index (χ0v) is 59.2. The molecule has 2 fully saturated rings. The SMILES string of the molecule is C[C@@H]1CC(c2ccc(CC(=O)c3nc(C#N)cn3COCC[Si](C)(C)C)c(C3=CCCCC3)c2)C[C@H](C)N1C(=O)OC(C)(C)C.C[C@H]1CC(c2ccc(CC(=O)c3nc(C#N)cn3COCC[Si](C)(C)C)c(C3=CCCCC3)c2)C[C@H](C)N1C(=O)OC(C)(C)C. The molecule has 2 saturated heterocycles. The number of piperidine rings is 2. The molecule has 0 radical (unpaired) electrons. The van der Waals surface area contributed by atoms with E-state index in [1.165, 1.54) is 35.1 Å². The van der Waals surface area contributed by atoms with Crippen molar-refractivity contribution < 1.29 is 38.1 Å². The van der Waals surface area contributed by atoms with Crippen LogP contribution in [0.5, 0.6) is 0 Å². The van der Waals surface area contributed by atoms with Crippen LogP contribution in [0.25, 0.3) is 11.1 Å². The molecule has 2 aliphatic carbocycles. The molecule has 0 spiro atoms. The second kappa shape index (κ2) is 30.8. The van der Waals surface area contributed by atoms with Crippen LogP contribution in [0.3, 0.4) is 0 Å². The van der Waals surface area contributed by atoms with Gasteiger partial charge in [0.1, 0.15) is 36.8 Å². The standard InChI is InChI=1S/2C36H52N4O4Si/c2*1-25-18-30(19-26(2)40(25)35(42)44-36(3,4)5)28-14-15-29(32(20-28)27-12-10-9-11-13-27)21-33(41)34-38-31(22-37)23-39(34)24-43-16-17-45(6,7)8/h2*12,14-15,20,23,25-26,30H,9-11,13,16-19,21,24H2,1-8H3/t25-,26+,30?;25-,26-/m.0/s1. The Hall–Kier alpha value is -6.45. The quantitative estimate of drug-likeness (QED) is 0.0462. The van der Waals surface area contributed by atoms with Gasteiger partial charge >= 0.3 is 12.2 Å². The van der Waals surface area contributed by atoms with Gasteiger partial charge in [0.15, 0.2) is 23.0 Å². The summed E-state index contributed by atoms with van der Waals surface area (Å²) in [5.74, 6) is 0.888. The van der Waals surface area contributed by atoms with Crippen LogP contribution in [-0.2, 0) is 45.3 Å². The highest BCUT2D eigenvalue weighted by Crippen LogP contribution is 2.41. The molecule has 2 amide bonds. The summed E-state index contributed by atoms with van der Waals surface area (Å²) in [4.78, 5) is 66.0. The molecule has 0 saturated carbocycles. The average Bonchev–Trinajstić information content (AvgIpc) is 1.01. The average molecular weight is 1270 g/mol. The first kappa shape index (κ1) is 71.0. The maximum Gasteiger partial charge on any atom is 0.410 e. The first-order valence-corrected chi connectivity index (χ1v) is 40.5. The molecule has 4 heterocycles. The van der Waals surface area contributed by atoms with Crippen LogP contribution in [0.15, 0.2) is 60.9 Å². The summed E-state index contributed by atoms with van der Waals surface area (Å²) in [5, 5.41) is 19.0. The third kappa shape index (κ3) is 20.3. The van der Waals surface area contributed by atoms with Gasteiger partial charge in [0, 0.05) is 78.8 Å². The Morgan fingerprint density at radius 1 is 0.556 bits per heavy atom. The smallest absolute Gasteiger partial charge is 0.410 e. The molecule has 0 N–H and O–H groups in total. The Kier molecular flexibility index (Phi) is 24.3. The van der Waals surface area contributed by atoms with Gasteiger partial charge < -0.3 is 37.9 Å². The van der Waals surface area contributed by atoms with Crippen LogP contribution >= 0.6 is 0 Å². The number of benzene rings is 2. The van der Waals surface area contributed by atoms with E-state index >= 15 is 0 Å². The van der Waals surface area contributed by atoms with Crippen molar-refractivity contribution in [2.75, 3.05) is 13.2 Å². The lowest BCUT2D eigenvalue weighted by Gasteiger charge is -2.43. The van der Waals surface area contributed by atoms with Gasteiger partial charge in [-0.2, -0.15) is 10.5 Å². The van der Waals surface area contributed by atoms with Crippen molar-refractivity contribution in [3.8, 4) is 12.1 Å². The van der Waals surface area contributed by atoms with E-state index in [4.69, 9.17) is 18.9 Å². The molecule has 2 aliphatic heterocycles. The van der Waals surface area contributed by atoms with Crippen molar-refractivity contribution in [3.63, 3.8) is 0 Å². The molecule has 18 heteroatoms. The lowest BCUT2D eigenvalue weighted by molar-refractivity contribution is -0.00370. The summed E-state index contributed by atoms with van der Waals surface area (Å²) in [5.41, 5.74) is 8.72. The van der Waals surface area contributed by atoms with Gasteiger partial charge in [-0.05, 0) is 215 Å². The molecule has 0 bridgehead atoms. The summed E-state index contributed by atoms with van der Waals surface area (Å²) in [7, 11) is -2.49. The topological polar surface area (TPSA) is 195 Å². The van der Waals surface area contributed by atoms with E-state index in [1.54, 1.807) is 21.5 Å². The third-order valence-corrected chi connectivity index (χ3v) is 20.9. The predicted octanol–water partition coefficient (Wildman–Crippen LogP) is 16.7. The van der Waals surface area contributed by atoms with Gasteiger partial charge in [0.25, 0.3) is 0 Å². The van der Waals surface area contributed by atoms with Gasteiger partial charge in [0.05, 0.1) is 0 Å². The van der Waals surface area contributed by atoms with Crippen LogP contribution in [0.4, 0.5) is 9.59 Å². The number of Topliss-reactive ketones (excluding diaryl/α,β-unsaturated/α-hetero) is 2. The zero-order chi connectivity index (χ0) is 65.9. The van der Waals surface area contributed by atoms with Gasteiger partial charge in [0.2, 0.25) is 11.6 Å². The number of ketones is 2. The molecule has 2 aromatic heterocycles. The minimum atomic E-state index is -1.25. The maximum absolute atomic E-state index is 13.8. The Balaban J connectivity index is 0.000000256. The number of carbonyl (C=O) groups is 4. The van der Waals surface area contributed by atoms with E-state index in [9.17, 15) is 29.7 Å². The molecule has 5 atom stereocenters. The third-order valence-electron chi connectivity index (χ3n) is 17.5. The van der Waals surface area contributed by atoms with Crippen LogP contribution in [0.2, 0.25) is 51.4 Å². The minimum Gasteiger partial charge on any atom is -0.444 e. The van der Waals surface area contributed by atoms with Crippen molar-refractivity contribution >= 4 is 51.0 Å². The first-order chi connectivity index (χ1) is 42.3. The number of rotatable bonds is 20. The summed E-state index contributed by atoms with van der Waals surface area (Å²) >= 11 is 0. The number of hydrogen-bond donors (Lipinski definition) is 0. The number of allylic oxidation sites excluding steroid dienone is 4. The van der Waals surface area contributed by atoms with E-state index < -0.39 is 27.3 Å². The first-order valence-electron chi connectivity index (χ1n) is 33.1. The van der Waals surface area contributed by atoms with Gasteiger partial charge in [-0.15, -0.1) is 0 Å². The van der Waals surface area contributed by atoms with Crippen molar-refractivity contribution in [2.24, 2.45) is 0 Å². The van der Waals surface area contributed by atoms with E-state index in [1.807, 2.05) is 51.3 Å². The van der Waals surface area contributed by atoms with Crippen molar-refractivity contribution in [3.05, 3.63) is 117 Å². The summed E-state index contributed by atoms with van der Waals surface area (Å²) in [6.07, 6.45) is 19.9. The van der Waals surface area contributed by atoms with Crippen LogP contribution in [0.1, 0.15) is 224 Å². The van der Waals surface area contributed by atoms with Crippen LogP contribution in [-0.4, -0.2) is 117 Å². The molecule has 1 unspecified atom stereocenters. The van der Waals surface area contributed by atoms with E-state index in [0.717, 1.165) is 98.6 Å². The van der Waals surface area contributed by atoms with Crippen molar-refractivity contribution in [2.45, 2.75) is 271 Å². The highest BCUT2D eigenvalue weighted by molar-refractivity contribution is 6.76. The number of ether oxygens (including phenoxy) is 4. The van der Waals surface area contributed by atoms with Crippen molar-refractivity contribution in [1.29, 1.82) is 10.5 Å². The molecule has 4 aliphatic rings. The fraction of sp³-hybridized carbons (Fsp3) is 0.611. The highest BCUT2D eigenvalue weighted by Gasteiger charge is 2.39. The Morgan fingerprint density at radius 2 is 0.911 bits per heavy atom. The second-order valence-electron chi connectivity index (χ2n) is 30.3. The van der Waals surface area contributed by atoms with Crippen molar-refractivity contribution in [1.82, 2.24) is 28.9 Å². The highest BCUT2D eigenvalue weighted by atomic mass is 28.3. The molecule has 90 heavy (non-hydrogen) atoms. The molecule has 488 valence electrons. The van der Waals surface area contributed by atoms with E-state index in [-0.39, 0.29) is 97.3 Å². The fourth-order valence-electron chi connectivity index (χ4n) is 13.0. The minimum absolute atomic E-state index is 0.0494. The molecular formula is C72H104N8O8Si2.